The molecule has 1 amide bonds. The van der Waals surface area contributed by atoms with E-state index in [0.29, 0.717) is 32.7 Å². The van der Waals surface area contributed by atoms with Crippen LogP contribution in [0.15, 0.2) is 23.0 Å². The number of rotatable bonds is 4. The maximum absolute atomic E-state index is 12.6. The van der Waals surface area contributed by atoms with Crippen LogP contribution in [-0.2, 0) is 24.3 Å². The summed E-state index contributed by atoms with van der Waals surface area (Å²) in [6.07, 6.45) is 3.20. The predicted octanol–water partition coefficient (Wildman–Crippen LogP) is -0.236. The first-order valence-corrected chi connectivity index (χ1v) is 11.7. The van der Waals surface area contributed by atoms with Crippen LogP contribution >= 0.6 is 0 Å². The van der Waals surface area contributed by atoms with Crippen LogP contribution in [0.3, 0.4) is 0 Å². The second kappa shape index (κ2) is 9.27. The number of sulfonamides is 1. The van der Waals surface area contributed by atoms with Crippen LogP contribution in [0.25, 0.3) is 0 Å². The van der Waals surface area contributed by atoms with Crippen molar-refractivity contribution >= 4 is 22.4 Å². The zero-order valence-electron chi connectivity index (χ0n) is 16.8. The number of piperidine rings is 1. The fourth-order valence-electron chi connectivity index (χ4n) is 4.64. The van der Waals surface area contributed by atoms with E-state index in [1.165, 1.54) is 16.6 Å². The van der Waals surface area contributed by atoms with Gasteiger partial charge in [-0.1, -0.05) is 6.07 Å². The van der Waals surface area contributed by atoms with Crippen LogP contribution in [0.4, 0.5) is 0 Å². The number of nitrogens with zero attached hydrogens (tertiary/aromatic N) is 2. The smallest absolute Gasteiger partial charge is 0.290 e. The number of amides is 1. The van der Waals surface area contributed by atoms with Crippen molar-refractivity contribution < 1.29 is 27.9 Å². The molecule has 2 N–H and O–H groups in total. The van der Waals surface area contributed by atoms with E-state index in [1.54, 1.807) is 10.6 Å². The van der Waals surface area contributed by atoms with Crippen molar-refractivity contribution in [2.75, 3.05) is 32.5 Å². The molecule has 166 valence electrons. The van der Waals surface area contributed by atoms with Gasteiger partial charge in [-0.15, -0.1) is 0 Å². The molecule has 2 saturated heterocycles. The molecule has 3 aliphatic rings. The van der Waals surface area contributed by atoms with E-state index < -0.39 is 16.1 Å². The Hall–Kier alpha value is -2.24. The Morgan fingerprint density at radius 2 is 2.10 bits per heavy atom. The van der Waals surface area contributed by atoms with Crippen molar-refractivity contribution in [3.05, 3.63) is 34.2 Å². The van der Waals surface area contributed by atoms with E-state index in [2.05, 4.69) is 5.32 Å². The third-order valence-electron chi connectivity index (χ3n) is 5.94. The van der Waals surface area contributed by atoms with Crippen LogP contribution in [-0.4, -0.2) is 73.4 Å². The first-order chi connectivity index (χ1) is 14.3. The molecule has 4 atom stereocenters. The number of aromatic nitrogens is 1. The van der Waals surface area contributed by atoms with Gasteiger partial charge in [0, 0.05) is 43.9 Å². The van der Waals surface area contributed by atoms with Crippen LogP contribution in [0.1, 0.15) is 36.9 Å². The molecule has 1 aromatic heterocycles. The molecule has 30 heavy (non-hydrogen) atoms. The van der Waals surface area contributed by atoms with Gasteiger partial charge >= 0.3 is 0 Å². The number of carboxylic acid groups (broad SMARTS) is 1. The highest BCUT2D eigenvalue weighted by atomic mass is 32.2. The maximum atomic E-state index is 12.6. The van der Waals surface area contributed by atoms with Crippen molar-refractivity contribution in [2.45, 2.75) is 37.3 Å². The number of nitrogens with one attached hydrogen (secondary N) is 1. The summed E-state index contributed by atoms with van der Waals surface area (Å²) in [5.74, 6) is -0.177. The molecule has 2 fully saturated rings. The third kappa shape index (κ3) is 4.73. The zero-order valence-corrected chi connectivity index (χ0v) is 17.6. The van der Waals surface area contributed by atoms with E-state index >= 15 is 0 Å². The van der Waals surface area contributed by atoms with E-state index in [9.17, 15) is 18.0 Å². The summed E-state index contributed by atoms with van der Waals surface area (Å²) < 4.78 is 32.9. The molecule has 0 spiro atoms. The first kappa shape index (κ1) is 22.4. The Bertz CT molecular complexity index is 940. The lowest BCUT2D eigenvalue weighted by Gasteiger charge is -2.46. The van der Waals surface area contributed by atoms with Gasteiger partial charge in [-0.05, 0) is 31.2 Å². The number of pyridine rings is 1. The van der Waals surface area contributed by atoms with Gasteiger partial charge < -0.3 is 19.7 Å². The lowest BCUT2D eigenvalue weighted by molar-refractivity contribution is -0.130. The van der Waals surface area contributed by atoms with Crippen LogP contribution in [0, 0.1) is 5.92 Å². The Morgan fingerprint density at radius 3 is 2.73 bits per heavy atom. The van der Waals surface area contributed by atoms with Gasteiger partial charge in [-0.3, -0.25) is 14.4 Å². The zero-order chi connectivity index (χ0) is 21.9. The molecule has 0 aromatic carbocycles. The second-order valence-corrected chi connectivity index (χ2v) is 9.83. The van der Waals surface area contributed by atoms with E-state index in [0.717, 1.165) is 18.5 Å². The number of ether oxygens (including phenoxy) is 1. The highest BCUT2D eigenvalue weighted by Gasteiger charge is 2.43. The average Bonchev–Trinajstić information content (AvgIpc) is 3.23. The van der Waals surface area contributed by atoms with Crippen molar-refractivity contribution in [3.63, 3.8) is 0 Å². The van der Waals surface area contributed by atoms with Gasteiger partial charge in [-0.2, -0.15) is 0 Å². The molecule has 0 saturated carbocycles. The molecule has 0 unspecified atom stereocenters. The van der Waals surface area contributed by atoms with Crippen molar-refractivity contribution in [2.24, 2.45) is 5.92 Å². The largest absolute Gasteiger partial charge is 0.483 e. The topological polar surface area (TPSA) is 135 Å². The summed E-state index contributed by atoms with van der Waals surface area (Å²) >= 11 is 0. The fraction of sp³-hybridized carbons (Fsp3) is 0.632. The summed E-state index contributed by atoms with van der Waals surface area (Å²) in [5.41, 5.74) is 0.745. The van der Waals surface area contributed by atoms with Crippen molar-refractivity contribution in [1.29, 1.82) is 0 Å². The lowest BCUT2D eigenvalue weighted by Crippen LogP contribution is -2.53. The van der Waals surface area contributed by atoms with Gasteiger partial charge in [0.1, 0.15) is 6.10 Å². The fourth-order valence-corrected chi connectivity index (χ4v) is 5.55. The minimum absolute atomic E-state index is 0.00232. The minimum atomic E-state index is -3.31. The lowest BCUT2D eigenvalue weighted by atomic mass is 9.79. The summed E-state index contributed by atoms with van der Waals surface area (Å²) in [7, 11) is -3.31. The molecular formula is C19H27N3O7S. The number of fused-ring (bicyclic) bond motifs is 4. The van der Waals surface area contributed by atoms with Gasteiger partial charge in [-0.25, -0.2) is 12.7 Å². The molecule has 3 aliphatic heterocycles. The number of hydrogen-bond donors (Lipinski definition) is 2. The highest BCUT2D eigenvalue weighted by Crippen LogP contribution is 2.41. The molecule has 0 aliphatic carbocycles. The van der Waals surface area contributed by atoms with Crippen LogP contribution in [0.2, 0.25) is 0 Å². The van der Waals surface area contributed by atoms with Crippen LogP contribution in [0.5, 0.6) is 0 Å². The van der Waals surface area contributed by atoms with Gasteiger partial charge in [0.2, 0.25) is 15.9 Å². The number of hydrogen-bond acceptors (Lipinski definition) is 6. The average molecular weight is 442 g/mol. The molecule has 0 radical (unpaired) electrons. The molecule has 2 bridgehead atoms. The molecule has 4 rings (SSSR count). The Balaban J connectivity index is 0.000000806. The SMILES string of the molecule is CS(=O)(=O)N1C[C@H]2C[C@@H](C1)[C@H](CNC(=O)[C@H]1CCCO1)n1c2cccc1=O.O=CO. The number of carbonyl (C=O) groups is 2. The van der Waals surface area contributed by atoms with Crippen LogP contribution < -0.4 is 10.9 Å². The molecular weight excluding hydrogens is 414 g/mol. The maximum Gasteiger partial charge on any atom is 0.290 e. The Morgan fingerprint density at radius 1 is 1.37 bits per heavy atom. The summed E-state index contributed by atoms with van der Waals surface area (Å²) in [6.45, 7) is 1.41. The quantitative estimate of drug-likeness (QED) is 0.616. The predicted molar refractivity (Wildman–Crippen MR) is 108 cm³/mol. The minimum Gasteiger partial charge on any atom is -0.483 e. The summed E-state index contributed by atoms with van der Waals surface area (Å²) in [4.78, 5) is 33.3. The van der Waals surface area contributed by atoms with Crippen molar-refractivity contribution in [3.8, 4) is 0 Å². The van der Waals surface area contributed by atoms with E-state index in [-0.39, 0.29) is 35.8 Å². The first-order valence-electron chi connectivity index (χ1n) is 9.90. The van der Waals surface area contributed by atoms with Gasteiger partial charge in [0.05, 0.1) is 12.3 Å². The Labute approximate surface area is 174 Å². The van der Waals surface area contributed by atoms with Gasteiger partial charge in [0.15, 0.2) is 0 Å². The molecule has 4 heterocycles. The summed E-state index contributed by atoms with van der Waals surface area (Å²) in [6, 6.07) is 4.87. The van der Waals surface area contributed by atoms with E-state index in [1.807, 2.05) is 6.07 Å². The normalized spacial score (nSPS) is 28.0. The monoisotopic (exact) mass is 441 g/mol. The van der Waals surface area contributed by atoms with E-state index in [4.69, 9.17) is 14.6 Å². The highest BCUT2D eigenvalue weighted by molar-refractivity contribution is 7.88. The summed E-state index contributed by atoms with van der Waals surface area (Å²) in [5, 5.41) is 9.82. The molecule has 1 aromatic rings. The van der Waals surface area contributed by atoms with Gasteiger partial charge in [0.25, 0.3) is 12.0 Å². The second-order valence-electron chi connectivity index (χ2n) is 7.85. The molecule has 11 heteroatoms. The third-order valence-corrected chi connectivity index (χ3v) is 7.18. The molecule has 10 nitrogen and oxygen atoms in total. The Kier molecular flexibility index (Phi) is 6.94. The standard InChI is InChI=1S/C18H25N3O5S.CH2O2/c1-27(24,25)20-10-12-8-13(11-20)15(21-14(12)4-2-6-17(21)22)9-19-18(23)16-5-3-7-26-16;2-1-3/h2,4,6,12-13,15-16H,3,5,7-11H2,1H3,(H,19,23);1H,(H,2,3)/t12-,13+,15+,16-;/m1./s1. The number of carbonyl (C=O) groups excluding carboxylic acids is 1. The van der Waals surface area contributed by atoms with Crippen molar-refractivity contribution in [1.82, 2.24) is 14.2 Å².